The van der Waals surface area contributed by atoms with Gasteiger partial charge >= 0.3 is 0 Å². The number of rotatable bonds is 3. The molecule has 1 aromatic carbocycles. The van der Waals surface area contributed by atoms with Crippen molar-refractivity contribution in [1.82, 2.24) is 0 Å². The molecule has 94 valence electrons. The largest absolute Gasteiger partial charge is 0.394 e. The third-order valence-corrected chi connectivity index (χ3v) is 3.41. The van der Waals surface area contributed by atoms with E-state index < -0.39 is 23.4 Å². The number of benzene rings is 1. The summed E-state index contributed by atoms with van der Waals surface area (Å²) in [6, 6.07) is 9.31. The average Bonchev–Trinajstić information content (AvgIpc) is 2.55. The molecule has 0 aliphatic carbocycles. The Morgan fingerprint density at radius 1 is 1.24 bits per heavy atom. The normalized spacial score (nSPS) is 37.3. The second-order valence-electron chi connectivity index (χ2n) is 4.22. The van der Waals surface area contributed by atoms with Crippen molar-refractivity contribution in [1.29, 1.82) is 0 Å². The highest BCUT2D eigenvalue weighted by Gasteiger charge is 2.52. The predicted molar refractivity (Wildman–Crippen MR) is 62.7 cm³/mol. The first-order valence-electron chi connectivity index (χ1n) is 5.44. The minimum atomic E-state index is -1.38. The van der Waals surface area contributed by atoms with E-state index in [1.807, 2.05) is 30.3 Å². The number of aliphatic hydroxyl groups is 3. The van der Waals surface area contributed by atoms with Crippen LogP contribution in [0.5, 0.6) is 0 Å². The van der Waals surface area contributed by atoms with Gasteiger partial charge in [-0.3, -0.25) is 0 Å². The summed E-state index contributed by atoms with van der Waals surface area (Å²) in [7, 11) is 0. The first-order valence-corrected chi connectivity index (χ1v) is 5.82. The maximum absolute atomic E-state index is 9.86. The van der Waals surface area contributed by atoms with Crippen LogP contribution in [0.25, 0.3) is 0 Å². The fourth-order valence-corrected chi connectivity index (χ4v) is 2.41. The van der Waals surface area contributed by atoms with E-state index >= 15 is 0 Å². The van der Waals surface area contributed by atoms with E-state index in [0.717, 1.165) is 5.56 Å². The summed E-state index contributed by atoms with van der Waals surface area (Å²) in [5.74, 6) is 0. The van der Waals surface area contributed by atoms with Crippen LogP contribution < -0.4 is 0 Å². The summed E-state index contributed by atoms with van der Waals surface area (Å²) in [4.78, 5) is 0. The molecule has 0 aromatic heterocycles. The molecule has 0 amide bonds. The Labute approximate surface area is 104 Å². The van der Waals surface area contributed by atoms with Crippen molar-refractivity contribution in [3.05, 3.63) is 35.9 Å². The molecule has 1 saturated heterocycles. The van der Waals surface area contributed by atoms with Crippen molar-refractivity contribution < 1.29 is 20.1 Å². The Kier molecular flexibility index (Phi) is 3.70. The number of alkyl halides is 1. The highest BCUT2D eigenvalue weighted by molar-refractivity contribution is 6.23. The molecular weight excluding hydrogens is 244 g/mol. The maximum Gasteiger partial charge on any atom is 0.174 e. The molecule has 4 nitrogen and oxygen atoms in total. The molecule has 0 spiro atoms. The molecule has 2 rings (SSSR count). The number of ether oxygens (including phenoxy) is 1. The summed E-state index contributed by atoms with van der Waals surface area (Å²) < 4.78 is 5.34. The zero-order chi connectivity index (χ0) is 12.5. The zero-order valence-electron chi connectivity index (χ0n) is 9.16. The van der Waals surface area contributed by atoms with Crippen molar-refractivity contribution >= 4 is 11.6 Å². The lowest BCUT2D eigenvalue weighted by Crippen LogP contribution is -2.40. The van der Waals surface area contributed by atoms with Gasteiger partial charge in [0.25, 0.3) is 0 Å². The molecule has 0 bridgehead atoms. The summed E-state index contributed by atoms with van der Waals surface area (Å²) in [6.45, 7) is -0.374. The smallest absolute Gasteiger partial charge is 0.174 e. The first kappa shape index (κ1) is 12.8. The fraction of sp³-hybridized carbons (Fsp3) is 0.500. The first-order chi connectivity index (χ1) is 8.07. The topological polar surface area (TPSA) is 69.9 Å². The van der Waals surface area contributed by atoms with Gasteiger partial charge in [0, 0.05) is 6.42 Å². The van der Waals surface area contributed by atoms with E-state index in [1.165, 1.54) is 0 Å². The summed E-state index contributed by atoms with van der Waals surface area (Å²) >= 11 is 6.18. The molecule has 3 N–H and O–H groups in total. The molecule has 0 saturated carbocycles. The van der Waals surface area contributed by atoms with Gasteiger partial charge in [0.2, 0.25) is 0 Å². The van der Waals surface area contributed by atoms with Gasteiger partial charge in [0.05, 0.1) is 6.61 Å². The predicted octanol–water partition coefficient (Wildman–Crippen LogP) is 0.277. The van der Waals surface area contributed by atoms with Crippen LogP contribution >= 0.6 is 11.6 Å². The molecule has 1 aliphatic rings. The fourth-order valence-electron chi connectivity index (χ4n) is 2.02. The summed E-state index contributed by atoms with van der Waals surface area (Å²) in [5.41, 5.74) is 0.896. The highest BCUT2D eigenvalue weighted by atomic mass is 35.5. The van der Waals surface area contributed by atoms with E-state index in [9.17, 15) is 10.2 Å². The third kappa shape index (κ3) is 2.46. The standard InChI is InChI=1S/C12H15ClO4/c13-12(6-8-4-2-1-3-5-8)11(16)10(15)9(7-14)17-12/h1-5,9-11,14-16H,6-7H2/t9-,10-,11-,12?/m1/s1. The van der Waals surface area contributed by atoms with Crippen LogP contribution in [0.15, 0.2) is 30.3 Å². The Hall–Kier alpha value is -0.650. The molecule has 0 radical (unpaired) electrons. The molecule has 1 aliphatic heterocycles. The minimum absolute atomic E-state index is 0.268. The van der Waals surface area contributed by atoms with Crippen molar-refractivity contribution in [2.45, 2.75) is 29.8 Å². The van der Waals surface area contributed by atoms with Gasteiger partial charge in [-0.05, 0) is 5.56 Å². The second kappa shape index (κ2) is 4.92. The Balaban J connectivity index is 2.15. The highest BCUT2D eigenvalue weighted by Crippen LogP contribution is 2.37. The Morgan fingerprint density at radius 2 is 1.88 bits per heavy atom. The van der Waals surface area contributed by atoms with E-state index in [-0.39, 0.29) is 13.0 Å². The summed E-state index contributed by atoms with van der Waals surface area (Å²) in [6.07, 6.45) is -2.96. The van der Waals surface area contributed by atoms with Crippen LogP contribution in [0, 0.1) is 0 Å². The molecule has 1 fully saturated rings. The van der Waals surface area contributed by atoms with Crippen LogP contribution in [-0.4, -0.2) is 45.3 Å². The van der Waals surface area contributed by atoms with Crippen molar-refractivity contribution in [2.75, 3.05) is 6.61 Å². The van der Waals surface area contributed by atoms with Crippen molar-refractivity contribution in [2.24, 2.45) is 0 Å². The molecule has 5 heteroatoms. The average molecular weight is 259 g/mol. The SMILES string of the molecule is OC[C@H]1OC(Cl)(Cc2ccccc2)[C@H](O)[C@@H]1O. The minimum Gasteiger partial charge on any atom is -0.394 e. The number of hydrogen-bond donors (Lipinski definition) is 3. The maximum atomic E-state index is 9.86. The lowest BCUT2D eigenvalue weighted by Gasteiger charge is -2.25. The molecule has 4 atom stereocenters. The van der Waals surface area contributed by atoms with Gasteiger partial charge in [-0.2, -0.15) is 0 Å². The molecule has 1 heterocycles. The van der Waals surface area contributed by atoms with E-state index in [1.54, 1.807) is 0 Å². The quantitative estimate of drug-likeness (QED) is 0.681. The second-order valence-corrected chi connectivity index (χ2v) is 4.86. The van der Waals surface area contributed by atoms with Gasteiger partial charge in [-0.1, -0.05) is 41.9 Å². The van der Waals surface area contributed by atoms with Crippen LogP contribution in [0.2, 0.25) is 0 Å². The lowest BCUT2D eigenvalue weighted by molar-refractivity contribution is -0.0411. The molecule has 1 aromatic rings. The Bertz CT molecular complexity index is 372. The van der Waals surface area contributed by atoms with Crippen LogP contribution in [0.4, 0.5) is 0 Å². The Morgan fingerprint density at radius 3 is 2.41 bits per heavy atom. The van der Waals surface area contributed by atoms with Crippen LogP contribution in [0.1, 0.15) is 5.56 Å². The van der Waals surface area contributed by atoms with Crippen molar-refractivity contribution in [3.63, 3.8) is 0 Å². The lowest BCUT2D eigenvalue weighted by atomic mass is 10.0. The molecule has 17 heavy (non-hydrogen) atoms. The van der Waals surface area contributed by atoms with E-state index in [4.69, 9.17) is 21.4 Å². The zero-order valence-corrected chi connectivity index (χ0v) is 9.92. The van der Waals surface area contributed by atoms with Gasteiger partial charge < -0.3 is 20.1 Å². The van der Waals surface area contributed by atoms with Gasteiger partial charge in [-0.25, -0.2) is 0 Å². The van der Waals surface area contributed by atoms with Gasteiger partial charge in [-0.15, -0.1) is 0 Å². The summed E-state index contributed by atoms with van der Waals surface area (Å²) in [5, 5.41) is 27.1. The van der Waals surface area contributed by atoms with Gasteiger partial charge in [0.15, 0.2) is 5.06 Å². The monoisotopic (exact) mass is 258 g/mol. The van der Waals surface area contributed by atoms with Crippen molar-refractivity contribution in [3.8, 4) is 0 Å². The number of aliphatic hydroxyl groups excluding tert-OH is 3. The van der Waals surface area contributed by atoms with Gasteiger partial charge in [0.1, 0.15) is 18.3 Å². The molecular formula is C12H15ClO4. The van der Waals surface area contributed by atoms with E-state index in [2.05, 4.69) is 0 Å². The number of hydrogen-bond acceptors (Lipinski definition) is 4. The molecule has 1 unspecified atom stereocenters. The van der Waals surface area contributed by atoms with E-state index in [0.29, 0.717) is 0 Å². The number of halogens is 1. The third-order valence-electron chi connectivity index (χ3n) is 2.96. The van der Waals surface area contributed by atoms with Crippen LogP contribution in [0.3, 0.4) is 0 Å². The van der Waals surface area contributed by atoms with Crippen LogP contribution in [-0.2, 0) is 11.2 Å².